The summed E-state index contributed by atoms with van der Waals surface area (Å²) < 4.78 is 10.6. The second-order valence-electron chi connectivity index (χ2n) is 7.41. The van der Waals surface area contributed by atoms with E-state index in [0.29, 0.717) is 11.1 Å². The lowest BCUT2D eigenvalue weighted by Crippen LogP contribution is -2.22. The van der Waals surface area contributed by atoms with Gasteiger partial charge in [-0.1, -0.05) is 24.3 Å². The molecule has 2 aromatic carbocycles. The van der Waals surface area contributed by atoms with Crippen molar-refractivity contribution in [3.63, 3.8) is 0 Å². The van der Waals surface area contributed by atoms with Crippen molar-refractivity contribution < 1.29 is 19.7 Å². The number of nitriles is 1. The van der Waals surface area contributed by atoms with Crippen molar-refractivity contribution in [3.8, 4) is 17.6 Å². The Morgan fingerprint density at radius 3 is 2.33 bits per heavy atom. The van der Waals surface area contributed by atoms with Crippen molar-refractivity contribution >= 4 is 0 Å². The third-order valence-corrected chi connectivity index (χ3v) is 5.39. The van der Waals surface area contributed by atoms with Gasteiger partial charge >= 0.3 is 0 Å². The van der Waals surface area contributed by atoms with Crippen LogP contribution in [0.4, 0.5) is 0 Å². The maximum Gasteiger partial charge on any atom is 0.160 e. The highest BCUT2D eigenvalue weighted by molar-refractivity contribution is 5.43. The Morgan fingerprint density at radius 2 is 1.70 bits per heavy atom. The highest BCUT2D eigenvalue weighted by Crippen LogP contribution is 2.28. The molecule has 0 aliphatic carbocycles. The van der Waals surface area contributed by atoms with Gasteiger partial charge in [0.1, 0.15) is 0 Å². The maximum absolute atomic E-state index is 9.58. The van der Waals surface area contributed by atoms with Gasteiger partial charge in [-0.15, -0.1) is 0 Å². The number of rotatable bonds is 12. The fourth-order valence-electron chi connectivity index (χ4n) is 3.50. The van der Waals surface area contributed by atoms with E-state index in [2.05, 4.69) is 24.1 Å². The molecule has 2 N–H and O–H groups in total. The largest absolute Gasteiger partial charge is 0.493 e. The monoisotopic (exact) mass is 412 g/mol. The van der Waals surface area contributed by atoms with Crippen molar-refractivity contribution in [1.29, 1.82) is 5.26 Å². The zero-order chi connectivity index (χ0) is 21.9. The molecule has 0 saturated heterocycles. The van der Waals surface area contributed by atoms with Crippen molar-refractivity contribution in [3.05, 3.63) is 58.7 Å². The molecule has 0 spiro atoms. The number of likely N-dealkylation sites (N-methyl/N-ethyl adjacent to an activating group) is 1. The second kappa shape index (κ2) is 12.2. The summed E-state index contributed by atoms with van der Waals surface area (Å²) in [6.45, 7) is 1.55. The van der Waals surface area contributed by atoms with Gasteiger partial charge in [-0.25, -0.2) is 0 Å². The van der Waals surface area contributed by atoms with E-state index in [9.17, 15) is 15.5 Å². The van der Waals surface area contributed by atoms with Crippen molar-refractivity contribution in [2.45, 2.75) is 38.4 Å². The molecule has 0 aliphatic heterocycles. The fraction of sp³-hybridized carbons (Fsp3) is 0.458. The van der Waals surface area contributed by atoms with Crippen LogP contribution in [0, 0.1) is 11.3 Å². The SMILES string of the molecule is COc1ccc(CCN(C)CCCC(C#N)c2ccc(CO)c(CO)c2)cc1OC. The zero-order valence-electron chi connectivity index (χ0n) is 18.1. The number of hydrogen-bond donors (Lipinski definition) is 2. The van der Waals surface area contributed by atoms with Crippen LogP contribution in [0.3, 0.4) is 0 Å². The molecule has 0 aliphatic rings. The van der Waals surface area contributed by atoms with Crippen molar-refractivity contribution in [2.75, 3.05) is 34.4 Å². The minimum Gasteiger partial charge on any atom is -0.493 e. The lowest BCUT2D eigenvalue weighted by Gasteiger charge is -2.18. The van der Waals surface area contributed by atoms with Gasteiger partial charge in [0.15, 0.2) is 11.5 Å². The van der Waals surface area contributed by atoms with Crippen LogP contribution in [0.1, 0.15) is 41.0 Å². The van der Waals surface area contributed by atoms with E-state index in [1.807, 2.05) is 24.3 Å². The number of nitrogens with zero attached hydrogens (tertiary/aromatic N) is 2. The molecule has 6 nitrogen and oxygen atoms in total. The molecule has 1 atom stereocenters. The number of methoxy groups -OCH3 is 2. The van der Waals surface area contributed by atoms with Gasteiger partial charge < -0.3 is 24.6 Å². The predicted molar refractivity (Wildman–Crippen MR) is 117 cm³/mol. The average molecular weight is 413 g/mol. The zero-order valence-corrected chi connectivity index (χ0v) is 18.1. The van der Waals surface area contributed by atoms with E-state index >= 15 is 0 Å². The van der Waals surface area contributed by atoms with E-state index in [-0.39, 0.29) is 19.1 Å². The first kappa shape index (κ1) is 23.7. The smallest absolute Gasteiger partial charge is 0.160 e. The van der Waals surface area contributed by atoms with Crippen molar-refractivity contribution in [1.82, 2.24) is 4.90 Å². The molecule has 2 aromatic rings. The van der Waals surface area contributed by atoms with Gasteiger partial charge in [0, 0.05) is 6.54 Å². The minimum atomic E-state index is -0.220. The molecular formula is C24H32N2O4. The van der Waals surface area contributed by atoms with Crippen LogP contribution in [-0.4, -0.2) is 49.5 Å². The van der Waals surface area contributed by atoms with E-state index in [0.717, 1.165) is 49.4 Å². The molecule has 162 valence electrons. The van der Waals surface area contributed by atoms with Crippen LogP contribution in [0.15, 0.2) is 36.4 Å². The van der Waals surface area contributed by atoms with Crippen LogP contribution in [0.2, 0.25) is 0 Å². The Kier molecular flexibility index (Phi) is 9.62. The van der Waals surface area contributed by atoms with E-state index < -0.39 is 0 Å². The van der Waals surface area contributed by atoms with Crippen LogP contribution in [0.25, 0.3) is 0 Å². The summed E-state index contributed by atoms with van der Waals surface area (Å²) in [6, 6.07) is 13.9. The first-order valence-corrected chi connectivity index (χ1v) is 10.2. The molecule has 1 unspecified atom stereocenters. The molecule has 0 bridgehead atoms. The topological polar surface area (TPSA) is 86.0 Å². The van der Waals surface area contributed by atoms with Crippen molar-refractivity contribution in [2.24, 2.45) is 0 Å². The first-order chi connectivity index (χ1) is 14.6. The molecule has 0 heterocycles. The lowest BCUT2D eigenvalue weighted by atomic mass is 9.92. The van der Waals surface area contributed by atoms with Gasteiger partial charge in [-0.05, 0) is 67.2 Å². The first-order valence-electron chi connectivity index (χ1n) is 10.2. The molecule has 0 radical (unpaired) electrons. The second-order valence-corrected chi connectivity index (χ2v) is 7.41. The van der Waals surface area contributed by atoms with Crippen LogP contribution in [-0.2, 0) is 19.6 Å². The van der Waals surface area contributed by atoms with E-state index in [4.69, 9.17) is 9.47 Å². The van der Waals surface area contributed by atoms with Crippen LogP contribution in [0.5, 0.6) is 11.5 Å². The summed E-state index contributed by atoms with van der Waals surface area (Å²) in [4.78, 5) is 2.26. The maximum atomic E-state index is 9.58. The normalized spacial score (nSPS) is 11.9. The van der Waals surface area contributed by atoms with Gasteiger partial charge in [0.2, 0.25) is 0 Å². The molecule has 0 amide bonds. The van der Waals surface area contributed by atoms with Gasteiger partial charge in [-0.2, -0.15) is 5.26 Å². The predicted octanol–water partition coefficient (Wildman–Crippen LogP) is 3.25. The number of aliphatic hydroxyl groups is 2. The molecular weight excluding hydrogens is 380 g/mol. The Bertz CT molecular complexity index is 848. The Morgan fingerprint density at radius 1 is 0.967 bits per heavy atom. The molecule has 0 saturated carbocycles. The Hall–Kier alpha value is -2.59. The highest BCUT2D eigenvalue weighted by atomic mass is 16.5. The Balaban J connectivity index is 1.84. The standard InChI is InChI=1S/C24H32N2O4/c1-26(12-10-18-6-9-23(29-2)24(13-18)30-3)11-4-5-20(15-25)19-7-8-21(16-27)22(14-19)17-28/h6-9,13-14,20,27-28H,4-5,10-12,16-17H2,1-3H3. The summed E-state index contributed by atoms with van der Waals surface area (Å²) in [7, 11) is 5.35. The number of ether oxygens (including phenoxy) is 2. The number of hydrogen-bond acceptors (Lipinski definition) is 6. The average Bonchev–Trinajstić information content (AvgIpc) is 2.79. The third kappa shape index (κ3) is 6.46. The summed E-state index contributed by atoms with van der Waals surface area (Å²) in [5.74, 6) is 1.25. The molecule has 6 heteroatoms. The van der Waals surface area contributed by atoms with Gasteiger partial charge in [0.05, 0.1) is 39.4 Å². The van der Waals surface area contributed by atoms with E-state index in [1.54, 1.807) is 20.3 Å². The summed E-state index contributed by atoms with van der Waals surface area (Å²) in [5, 5.41) is 28.4. The van der Waals surface area contributed by atoms with Gasteiger partial charge in [-0.3, -0.25) is 0 Å². The molecule has 0 fully saturated rings. The quantitative estimate of drug-likeness (QED) is 0.557. The molecule has 0 aromatic heterocycles. The third-order valence-electron chi connectivity index (χ3n) is 5.39. The number of aliphatic hydroxyl groups excluding tert-OH is 2. The van der Waals surface area contributed by atoms with E-state index in [1.165, 1.54) is 5.56 Å². The molecule has 30 heavy (non-hydrogen) atoms. The fourth-order valence-corrected chi connectivity index (χ4v) is 3.50. The highest BCUT2D eigenvalue weighted by Gasteiger charge is 2.13. The van der Waals surface area contributed by atoms with Crippen LogP contribution >= 0.6 is 0 Å². The van der Waals surface area contributed by atoms with Crippen LogP contribution < -0.4 is 9.47 Å². The summed E-state index contributed by atoms with van der Waals surface area (Å²) >= 11 is 0. The summed E-state index contributed by atoms with van der Waals surface area (Å²) in [5.41, 5.74) is 3.47. The van der Waals surface area contributed by atoms with Gasteiger partial charge in [0.25, 0.3) is 0 Å². The number of benzene rings is 2. The Labute approximate surface area is 179 Å². The minimum absolute atomic E-state index is 0.113. The molecule has 2 rings (SSSR count). The lowest BCUT2D eigenvalue weighted by molar-refractivity contribution is 0.260. The summed E-state index contributed by atoms with van der Waals surface area (Å²) in [6.07, 6.45) is 2.55.